The van der Waals surface area contributed by atoms with Gasteiger partial charge in [0.25, 0.3) is 0 Å². The maximum Gasteiger partial charge on any atom is 0.184 e. The van der Waals surface area contributed by atoms with Gasteiger partial charge in [-0.25, -0.2) is 0 Å². The van der Waals surface area contributed by atoms with Crippen molar-refractivity contribution in [3.63, 3.8) is 0 Å². The molecule has 33 heavy (non-hydrogen) atoms. The molecule has 0 bridgehead atoms. The van der Waals surface area contributed by atoms with Crippen molar-refractivity contribution >= 4 is 0 Å². The molecule has 3 heteroatoms. The highest BCUT2D eigenvalue weighted by atomic mass is 16.7. The lowest BCUT2D eigenvalue weighted by Gasteiger charge is -2.29. The molecule has 3 atom stereocenters. The summed E-state index contributed by atoms with van der Waals surface area (Å²) in [6.45, 7) is 23.5. The van der Waals surface area contributed by atoms with Crippen molar-refractivity contribution in [2.24, 2.45) is 0 Å². The van der Waals surface area contributed by atoms with Gasteiger partial charge in [0.2, 0.25) is 0 Å². The van der Waals surface area contributed by atoms with Gasteiger partial charge < -0.3 is 14.2 Å². The molecule has 1 aromatic rings. The van der Waals surface area contributed by atoms with Crippen molar-refractivity contribution in [3.8, 4) is 12.3 Å². The Bertz CT molecular complexity index is 574. The highest BCUT2D eigenvalue weighted by molar-refractivity contribution is 5.19. The van der Waals surface area contributed by atoms with Crippen LogP contribution in [-0.4, -0.2) is 25.4 Å². The fourth-order valence-electron chi connectivity index (χ4n) is 2.95. The summed E-state index contributed by atoms with van der Waals surface area (Å²) in [5, 5.41) is 0. The first-order valence-corrected chi connectivity index (χ1v) is 12.7. The second kappa shape index (κ2) is 28.2. The van der Waals surface area contributed by atoms with E-state index >= 15 is 0 Å². The molecule has 0 amide bonds. The Hall–Kier alpha value is -1.86. The molecular formula is C30H52O3. The number of rotatable bonds is 4. The van der Waals surface area contributed by atoms with Crippen LogP contribution in [0.1, 0.15) is 99.3 Å². The minimum Gasteiger partial charge on any atom is -0.371 e. The Kier molecular flexibility index (Phi) is 30.5. The molecular weight excluding hydrogens is 408 g/mol. The topological polar surface area (TPSA) is 27.7 Å². The Balaban J connectivity index is -0.000000882. The third kappa shape index (κ3) is 18.3. The third-order valence-corrected chi connectivity index (χ3v) is 4.24. The zero-order chi connectivity index (χ0) is 25.9. The second-order valence-electron chi connectivity index (χ2n) is 6.86. The molecule has 0 aromatic heterocycles. The normalized spacial score (nSPS) is 20.3. The first-order chi connectivity index (χ1) is 16.2. The molecule has 0 saturated carbocycles. The lowest BCUT2D eigenvalue weighted by molar-refractivity contribution is -0.193. The minimum atomic E-state index is -0.328. The summed E-state index contributed by atoms with van der Waals surface area (Å²) >= 11 is 0. The quantitative estimate of drug-likeness (QED) is 0.331. The molecule has 0 spiro atoms. The summed E-state index contributed by atoms with van der Waals surface area (Å²) < 4.78 is 18.3. The van der Waals surface area contributed by atoms with E-state index in [9.17, 15) is 0 Å². The molecule has 1 aromatic carbocycles. The third-order valence-electron chi connectivity index (χ3n) is 4.24. The smallest absolute Gasteiger partial charge is 0.184 e. The molecule has 1 heterocycles. The zero-order valence-electron chi connectivity index (χ0n) is 22.9. The van der Waals surface area contributed by atoms with Gasteiger partial charge in [-0.1, -0.05) is 97.6 Å². The summed E-state index contributed by atoms with van der Waals surface area (Å²) in [6.07, 6.45) is 12.2. The largest absolute Gasteiger partial charge is 0.371 e. The van der Waals surface area contributed by atoms with Crippen LogP contribution in [-0.2, 0) is 14.2 Å². The van der Waals surface area contributed by atoms with Gasteiger partial charge in [0, 0.05) is 5.56 Å². The van der Waals surface area contributed by atoms with E-state index in [0.717, 1.165) is 36.8 Å². The average Bonchev–Trinajstić information content (AvgIpc) is 2.87. The van der Waals surface area contributed by atoms with E-state index in [1.54, 1.807) is 6.08 Å². The highest BCUT2D eigenvalue weighted by Gasteiger charge is 2.22. The molecule has 1 fully saturated rings. The van der Waals surface area contributed by atoms with E-state index in [1.165, 1.54) is 6.42 Å². The fraction of sp³-hybridized carbons (Fsp3) is 0.600. The Labute approximate surface area is 206 Å². The molecule has 1 saturated heterocycles. The molecule has 2 rings (SSSR count). The summed E-state index contributed by atoms with van der Waals surface area (Å²) in [6, 6.07) is 10.1. The lowest BCUT2D eigenvalue weighted by Crippen LogP contribution is -2.27. The van der Waals surface area contributed by atoms with E-state index < -0.39 is 0 Å². The minimum absolute atomic E-state index is 0.0425. The maximum atomic E-state index is 6.30. The lowest BCUT2D eigenvalue weighted by atomic mass is 10.0. The van der Waals surface area contributed by atoms with Crippen molar-refractivity contribution < 1.29 is 14.2 Å². The average molecular weight is 461 g/mol. The molecule has 1 aliphatic rings. The van der Waals surface area contributed by atoms with Gasteiger partial charge in [-0.2, -0.15) is 0 Å². The Morgan fingerprint density at radius 2 is 1.55 bits per heavy atom. The Morgan fingerprint density at radius 3 is 2.06 bits per heavy atom. The standard InChI is InChI=1S/C21H28O3.C3H8.2C2H6.C2H4/c1-4-9-17(3)20-14-13-19(10-5-2)24-21(23-16-15-22-20)18-11-7-6-8-12-18;1-3-2;3*1-2/h1,6-9,11-12,19-21H,5,10,13-16H2,2-3H3;3H2,1-2H3;2*1-2H3;1-2H2/b17-9+;;;;. The van der Waals surface area contributed by atoms with Crippen LogP contribution < -0.4 is 0 Å². The number of allylic oxidation sites excluding steroid dienone is 1. The van der Waals surface area contributed by atoms with Crippen LogP contribution in [0.3, 0.4) is 0 Å². The van der Waals surface area contributed by atoms with Crippen LogP contribution in [0.25, 0.3) is 0 Å². The number of hydrogen-bond acceptors (Lipinski definition) is 3. The van der Waals surface area contributed by atoms with Crippen molar-refractivity contribution in [1.29, 1.82) is 0 Å². The van der Waals surface area contributed by atoms with Crippen molar-refractivity contribution in [2.45, 2.75) is 106 Å². The number of ether oxygens (including phenoxy) is 3. The van der Waals surface area contributed by atoms with Crippen LogP contribution in [0.4, 0.5) is 0 Å². The van der Waals surface area contributed by atoms with Gasteiger partial charge in [0.1, 0.15) is 0 Å². The monoisotopic (exact) mass is 460 g/mol. The molecule has 0 N–H and O–H groups in total. The predicted molar refractivity (Wildman–Crippen MR) is 146 cm³/mol. The van der Waals surface area contributed by atoms with Crippen LogP contribution in [0, 0.1) is 12.3 Å². The number of terminal acetylenes is 1. The molecule has 3 unspecified atom stereocenters. The van der Waals surface area contributed by atoms with Crippen molar-refractivity contribution in [2.75, 3.05) is 13.2 Å². The molecule has 0 aliphatic carbocycles. The summed E-state index contributed by atoms with van der Waals surface area (Å²) in [5.74, 6) is 2.59. The van der Waals surface area contributed by atoms with Gasteiger partial charge in [0.15, 0.2) is 6.29 Å². The van der Waals surface area contributed by atoms with E-state index in [1.807, 2.05) is 65.0 Å². The summed E-state index contributed by atoms with van der Waals surface area (Å²) in [7, 11) is 0. The van der Waals surface area contributed by atoms with Gasteiger partial charge in [-0.3, -0.25) is 0 Å². The van der Waals surface area contributed by atoms with Gasteiger partial charge in [0.05, 0.1) is 25.4 Å². The number of hydrogen-bond donors (Lipinski definition) is 0. The summed E-state index contributed by atoms with van der Waals surface area (Å²) in [5.41, 5.74) is 2.15. The summed E-state index contributed by atoms with van der Waals surface area (Å²) in [4.78, 5) is 0. The maximum absolute atomic E-state index is 6.30. The van der Waals surface area contributed by atoms with E-state index in [0.29, 0.717) is 13.2 Å². The van der Waals surface area contributed by atoms with Crippen LogP contribution in [0.15, 0.2) is 55.1 Å². The van der Waals surface area contributed by atoms with Crippen LogP contribution in [0.5, 0.6) is 0 Å². The van der Waals surface area contributed by atoms with Crippen molar-refractivity contribution in [1.82, 2.24) is 0 Å². The van der Waals surface area contributed by atoms with E-state index in [4.69, 9.17) is 20.6 Å². The van der Waals surface area contributed by atoms with Gasteiger partial charge >= 0.3 is 0 Å². The van der Waals surface area contributed by atoms with Crippen LogP contribution in [0.2, 0.25) is 0 Å². The molecule has 190 valence electrons. The van der Waals surface area contributed by atoms with E-state index in [-0.39, 0.29) is 18.5 Å². The van der Waals surface area contributed by atoms with Gasteiger partial charge in [-0.15, -0.1) is 19.6 Å². The Morgan fingerprint density at radius 1 is 1.00 bits per heavy atom. The molecule has 0 radical (unpaired) electrons. The second-order valence-corrected chi connectivity index (χ2v) is 6.86. The van der Waals surface area contributed by atoms with Crippen LogP contribution >= 0.6 is 0 Å². The molecule has 1 aliphatic heterocycles. The fourth-order valence-corrected chi connectivity index (χ4v) is 2.95. The van der Waals surface area contributed by atoms with Crippen molar-refractivity contribution in [3.05, 3.63) is 60.7 Å². The van der Waals surface area contributed by atoms with Gasteiger partial charge in [-0.05, 0) is 37.8 Å². The first-order valence-electron chi connectivity index (χ1n) is 12.7. The highest BCUT2D eigenvalue weighted by Crippen LogP contribution is 2.27. The zero-order valence-corrected chi connectivity index (χ0v) is 22.9. The SMILES string of the molecule is C#C/C=C(\C)C1CCC(CCC)OC(c2ccccc2)OCCO1.C=C.CC.CC.CCC. The predicted octanol–water partition coefficient (Wildman–Crippen LogP) is 8.92. The number of benzene rings is 1. The molecule has 3 nitrogen and oxygen atoms in total. The van der Waals surface area contributed by atoms with E-state index in [2.05, 4.69) is 39.8 Å². The first kappa shape index (κ1) is 35.7.